The van der Waals surface area contributed by atoms with Crippen LogP contribution in [0, 0.1) is 23.7 Å². The van der Waals surface area contributed by atoms with Crippen molar-refractivity contribution >= 4 is 100 Å². The van der Waals surface area contributed by atoms with Crippen molar-refractivity contribution in [3.05, 3.63) is 76.0 Å². The zero-order valence-corrected chi connectivity index (χ0v) is 69.1. The van der Waals surface area contributed by atoms with E-state index in [0.717, 1.165) is 59.7 Å². The number of hydrogen-bond donors (Lipinski definition) is 0. The van der Waals surface area contributed by atoms with E-state index in [2.05, 4.69) is 133 Å². The number of amides is 2. The van der Waals surface area contributed by atoms with E-state index < -0.39 is 0 Å². The lowest BCUT2D eigenvalue weighted by molar-refractivity contribution is -0.124. The van der Waals surface area contributed by atoms with E-state index in [4.69, 9.17) is 0 Å². The third-order valence-electron chi connectivity index (χ3n) is 21.7. The Morgan fingerprint density at radius 2 is 0.552 bits per heavy atom. The van der Waals surface area contributed by atoms with Crippen LogP contribution in [-0.4, -0.2) is 34.7 Å². The van der Waals surface area contributed by atoms with Gasteiger partial charge in [-0.2, -0.15) is 0 Å². The van der Waals surface area contributed by atoms with Crippen LogP contribution in [-0.2, 0) is 22.4 Å². The van der Waals surface area contributed by atoms with Crippen molar-refractivity contribution in [2.45, 2.75) is 376 Å². The molecular weight excluding hydrogens is 1380 g/mol. The summed E-state index contributed by atoms with van der Waals surface area (Å²) < 4.78 is 2.49. The van der Waals surface area contributed by atoms with Crippen LogP contribution in [0.15, 0.2) is 55.1 Å². The summed E-state index contributed by atoms with van der Waals surface area (Å²) in [6.45, 7) is 19.9. The van der Waals surface area contributed by atoms with Crippen LogP contribution < -0.4 is 0 Å². The number of thiophene rings is 4. The zero-order chi connectivity index (χ0) is 68.5. The highest BCUT2D eigenvalue weighted by Crippen LogP contribution is 2.52. The second-order valence-electron chi connectivity index (χ2n) is 29.9. The molecule has 2 aliphatic heterocycles. The van der Waals surface area contributed by atoms with Crippen LogP contribution in [0.4, 0.5) is 0 Å². The molecule has 6 heterocycles. The van der Waals surface area contributed by atoms with Crippen LogP contribution in [0.1, 0.15) is 384 Å². The summed E-state index contributed by atoms with van der Waals surface area (Å²) in [5.74, 6) is 2.21. The quantitative estimate of drug-likeness (QED) is 0.0413. The number of halogens is 2. The maximum atomic E-state index is 16.5. The molecule has 4 unspecified atom stereocenters. The van der Waals surface area contributed by atoms with Crippen molar-refractivity contribution in [2.75, 3.05) is 13.1 Å². The molecule has 0 fully saturated rings. The zero-order valence-electron chi connectivity index (χ0n) is 62.6. The number of carbonyl (C=O) groups excluding carboxylic acids is 2. The molecule has 4 aromatic rings. The summed E-state index contributed by atoms with van der Waals surface area (Å²) >= 11 is 15.5. The first-order valence-corrected chi connectivity index (χ1v) is 45.8. The molecule has 0 aliphatic carbocycles. The van der Waals surface area contributed by atoms with Gasteiger partial charge in [-0.15, -0.1) is 45.3 Å². The van der Waals surface area contributed by atoms with E-state index >= 15 is 9.59 Å². The molecule has 4 nitrogen and oxygen atoms in total. The molecule has 2 aliphatic rings. The molecule has 10 heteroatoms. The van der Waals surface area contributed by atoms with Crippen molar-refractivity contribution in [1.82, 2.24) is 9.80 Å². The number of rotatable bonds is 60. The fourth-order valence-electron chi connectivity index (χ4n) is 15.4. The molecule has 6 rings (SSSR count). The first-order chi connectivity index (χ1) is 47.0. The Labute approximate surface area is 623 Å². The van der Waals surface area contributed by atoms with Crippen molar-refractivity contribution in [3.63, 3.8) is 0 Å². The Kier molecular flexibility index (Phi) is 43.1. The molecule has 4 aromatic heterocycles. The molecule has 542 valence electrons. The Balaban J connectivity index is 1.43. The fourth-order valence-corrected chi connectivity index (χ4v) is 21.2. The van der Waals surface area contributed by atoms with E-state index in [9.17, 15) is 0 Å². The SMILES string of the molecule is CCCCCCCCCCCCC(CCCCCCCCCC)CN1C(=O)C2=C(c3ccc(-c4cc(CC(CC)CCCC)c(Br)s4)s3)N(CC(CCCCCCCCCC)CCCCCCCCCCCC)C(=O)C2=C1c1ccc(-c2cc(CC(CC)CCCC)c(Br)s2)s1. The van der Waals surface area contributed by atoms with E-state index in [0.29, 0.717) is 47.9 Å². The molecule has 0 bridgehead atoms. The molecule has 4 atom stereocenters. The first-order valence-electron chi connectivity index (χ1n) is 40.9. The molecule has 0 saturated carbocycles. The summed E-state index contributed by atoms with van der Waals surface area (Å²) in [5, 5.41) is 0. The molecule has 0 spiro atoms. The van der Waals surface area contributed by atoms with Crippen molar-refractivity contribution < 1.29 is 9.59 Å². The number of carbonyl (C=O) groups is 2. The number of hydrogen-bond acceptors (Lipinski definition) is 6. The summed E-state index contributed by atoms with van der Waals surface area (Å²) in [7, 11) is 0. The molecule has 0 N–H and O–H groups in total. The normalized spacial score (nSPS) is 14.8. The molecular formula is C86H138Br2N2O2S4. The molecule has 0 radical (unpaired) electrons. The van der Waals surface area contributed by atoms with E-state index in [1.54, 1.807) is 0 Å². The third-order valence-corrected chi connectivity index (χ3v) is 28.2. The topological polar surface area (TPSA) is 40.6 Å². The smallest absolute Gasteiger partial charge is 0.261 e. The lowest BCUT2D eigenvalue weighted by Gasteiger charge is -2.29. The predicted molar refractivity (Wildman–Crippen MR) is 436 cm³/mol. The highest BCUT2D eigenvalue weighted by molar-refractivity contribution is 9.11. The van der Waals surface area contributed by atoms with Crippen LogP contribution >= 0.6 is 77.2 Å². The van der Waals surface area contributed by atoms with Crippen LogP contribution in [0.3, 0.4) is 0 Å². The predicted octanol–water partition coefficient (Wildman–Crippen LogP) is 31.0. The molecule has 2 amide bonds. The average molecular weight is 1520 g/mol. The molecule has 96 heavy (non-hydrogen) atoms. The van der Waals surface area contributed by atoms with Gasteiger partial charge in [-0.1, -0.05) is 338 Å². The lowest BCUT2D eigenvalue weighted by Crippen LogP contribution is -2.34. The monoisotopic (exact) mass is 1520 g/mol. The van der Waals surface area contributed by atoms with Gasteiger partial charge in [-0.05, 0) is 142 Å². The minimum absolute atomic E-state index is 0.0618. The van der Waals surface area contributed by atoms with Gasteiger partial charge >= 0.3 is 0 Å². The third kappa shape index (κ3) is 28.4. The Morgan fingerprint density at radius 1 is 0.302 bits per heavy atom. The maximum absolute atomic E-state index is 16.5. The van der Waals surface area contributed by atoms with Gasteiger partial charge in [-0.25, -0.2) is 0 Å². The van der Waals surface area contributed by atoms with E-state index in [1.165, 1.54) is 321 Å². The highest BCUT2D eigenvalue weighted by Gasteiger charge is 2.50. The Morgan fingerprint density at radius 3 is 0.823 bits per heavy atom. The summed E-state index contributed by atoms with van der Waals surface area (Å²) in [6.07, 6.45) is 64.0. The number of unbranched alkanes of at least 4 members (excludes halogenated alkanes) is 34. The minimum Gasteiger partial charge on any atom is -0.306 e. The molecule has 0 saturated heterocycles. The van der Waals surface area contributed by atoms with Gasteiger partial charge < -0.3 is 9.80 Å². The van der Waals surface area contributed by atoms with Crippen LogP contribution in [0.5, 0.6) is 0 Å². The van der Waals surface area contributed by atoms with Crippen LogP contribution in [0.2, 0.25) is 0 Å². The van der Waals surface area contributed by atoms with Crippen LogP contribution in [0.25, 0.3) is 30.9 Å². The van der Waals surface area contributed by atoms with Crippen molar-refractivity contribution in [1.29, 1.82) is 0 Å². The number of fused-ring (bicyclic) bond motifs is 1. The van der Waals surface area contributed by atoms with Gasteiger partial charge in [0.2, 0.25) is 0 Å². The van der Waals surface area contributed by atoms with Gasteiger partial charge in [0.05, 0.1) is 39.9 Å². The largest absolute Gasteiger partial charge is 0.306 e. The van der Waals surface area contributed by atoms with Gasteiger partial charge in [0.25, 0.3) is 11.8 Å². The van der Waals surface area contributed by atoms with Crippen molar-refractivity contribution in [2.24, 2.45) is 23.7 Å². The minimum atomic E-state index is 0.0618. The van der Waals surface area contributed by atoms with E-state index in [-0.39, 0.29) is 11.8 Å². The van der Waals surface area contributed by atoms with E-state index in [1.807, 2.05) is 45.3 Å². The van der Waals surface area contributed by atoms with Gasteiger partial charge in [0.15, 0.2) is 0 Å². The van der Waals surface area contributed by atoms with Gasteiger partial charge in [0.1, 0.15) is 0 Å². The first kappa shape index (κ1) is 83.1. The second kappa shape index (κ2) is 49.7. The summed E-state index contributed by atoms with van der Waals surface area (Å²) in [5.41, 5.74) is 5.99. The Bertz CT molecular complexity index is 2610. The lowest BCUT2D eigenvalue weighted by atomic mass is 9.93. The second-order valence-corrected chi connectivity index (χ2v) is 36.8. The average Bonchev–Trinajstić information content (AvgIpc) is 1.55. The molecule has 0 aromatic carbocycles. The highest BCUT2D eigenvalue weighted by atomic mass is 79.9. The maximum Gasteiger partial charge on any atom is 0.261 e. The van der Waals surface area contributed by atoms with Crippen molar-refractivity contribution in [3.8, 4) is 19.5 Å². The fraction of sp³-hybridized carbons (Fsp3) is 0.744. The summed E-state index contributed by atoms with van der Waals surface area (Å²) in [6, 6.07) is 14.1. The summed E-state index contributed by atoms with van der Waals surface area (Å²) in [4.78, 5) is 44.6. The van der Waals surface area contributed by atoms with Gasteiger partial charge in [-0.3, -0.25) is 9.59 Å². The number of nitrogens with zero attached hydrogens (tertiary/aromatic N) is 2. The van der Waals surface area contributed by atoms with Gasteiger partial charge in [0, 0.05) is 32.6 Å². The Hall–Kier alpha value is -1.82. The standard InChI is InChI=1S/C86H138Br2N2O2S4/c1-9-17-23-27-31-35-37-41-45-49-55-69(53-47-43-39-33-29-25-19-11-3)65-89-81(75-59-57-73(93-75)77-63-71(83(87)95-77)61-67(15-7)51-21-13-5)79-80(85(89)91)82(76-60-58-74(94-76)78-64-72(84(88)96-78)62-68(16-8)52-22-14-6)90(86(79)92)66-70(54-48-44-40-34-30-26-20-12-4)56-50-46-42-38-36-32-28-24-18-10-2/h57-60,63-64,67-70H,9-56,61-62,65-66H2,1-8H3.